The van der Waals surface area contributed by atoms with Crippen molar-refractivity contribution in [3.63, 3.8) is 0 Å². The first kappa shape index (κ1) is 6.58. The van der Waals surface area contributed by atoms with Crippen LogP contribution >= 0.6 is 0 Å². The number of likely N-dealkylation sites (N-methyl/N-ethyl adjacent to an activating group) is 1. The van der Waals surface area contributed by atoms with Gasteiger partial charge in [-0.1, -0.05) is 0 Å². The van der Waals surface area contributed by atoms with Crippen molar-refractivity contribution in [2.75, 3.05) is 33.4 Å². The Morgan fingerprint density at radius 2 is 1.90 bits per heavy atom. The van der Waals surface area contributed by atoms with E-state index in [0.29, 0.717) is 12.1 Å². The fraction of sp³-hybridized carbons (Fsp3) is 1.00. The second-order valence-electron chi connectivity index (χ2n) is 3.32. The highest BCUT2D eigenvalue weighted by Gasteiger charge is 2.28. The summed E-state index contributed by atoms with van der Waals surface area (Å²) in [5.41, 5.74) is 0. The lowest BCUT2D eigenvalue weighted by Gasteiger charge is -2.40. The van der Waals surface area contributed by atoms with Gasteiger partial charge in [0.25, 0.3) is 0 Å². The maximum atomic E-state index is 5.40. The Labute approximate surface area is 61.3 Å². The molecule has 0 aromatic rings. The Balaban J connectivity index is 1.98. The minimum absolute atomic E-state index is 0.581. The van der Waals surface area contributed by atoms with Gasteiger partial charge in [-0.3, -0.25) is 0 Å². The molecule has 2 rings (SSSR count). The van der Waals surface area contributed by atoms with Gasteiger partial charge < -0.3 is 15.0 Å². The van der Waals surface area contributed by atoms with Gasteiger partial charge in [-0.15, -0.1) is 0 Å². The van der Waals surface area contributed by atoms with E-state index in [0.717, 1.165) is 26.3 Å². The van der Waals surface area contributed by atoms with Gasteiger partial charge in [0.2, 0.25) is 0 Å². The lowest BCUT2D eigenvalue weighted by Crippen LogP contribution is -2.61. The molecule has 2 fully saturated rings. The van der Waals surface area contributed by atoms with Crippen LogP contribution in [0.5, 0.6) is 0 Å². The lowest BCUT2D eigenvalue weighted by molar-refractivity contribution is 0.000319. The van der Waals surface area contributed by atoms with E-state index < -0.39 is 0 Å². The first-order valence-electron chi connectivity index (χ1n) is 3.87. The van der Waals surface area contributed by atoms with Crippen molar-refractivity contribution in [2.24, 2.45) is 0 Å². The molecule has 2 aliphatic heterocycles. The van der Waals surface area contributed by atoms with E-state index in [1.807, 2.05) is 0 Å². The third-order valence-corrected chi connectivity index (χ3v) is 2.17. The van der Waals surface area contributed by atoms with Gasteiger partial charge in [0.1, 0.15) is 0 Å². The van der Waals surface area contributed by atoms with Crippen LogP contribution in [-0.4, -0.2) is 50.3 Å². The van der Waals surface area contributed by atoms with Gasteiger partial charge >= 0.3 is 0 Å². The van der Waals surface area contributed by atoms with Gasteiger partial charge in [-0.2, -0.15) is 0 Å². The number of nitrogens with one attached hydrogen (secondary N) is 1. The molecule has 2 unspecified atom stereocenters. The van der Waals surface area contributed by atoms with Crippen LogP contribution < -0.4 is 5.32 Å². The summed E-state index contributed by atoms with van der Waals surface area (Å²) in [6, 6.07) is 1.16. The monoisotopic (exact) mass is 142 g/mol. The van der Waals surface area contributed by atoms with Crippen molar-refractivity contribution in [1.29, 1.82) is 0 Å². The van der Waals surface area contributed by atoms with Crippen LogP contribution in [0.2, 0.25) is 0 Å². The van der Waals surface area contributed by atoms with Crippen LogP contribution in [0.3, 0.4) is 0 Å². The summed E-state index contributed by atoms with van der Waals surface area (Å²) in [5, 5.41) is 3.52. The SMILES string of the molecule is CN1CC2COCC(C1)N2. The normalized spacial score (nSPS) is 41.7. The molecule has 3 nitrogen and oxygen atoms in total. The molecule has 2 aliphatic rings. The molecule has 2 bridgehead atoms. The molecule has 0 radical (unpaired) electrons. The van der Waals surface area contributed by atoms with Crippen molar-refractivity contribution in [1.82, 2.24) is 10.2 Å². The Morgan fingerprint density at radius 1 is 1.30 bits per heavy atom. The van der Waals surface area contributed by atoms with Crippen LogP contribution in [-0.2, 0) is 4.74 Å². The zero-order valence-electron chi connectivity index (χ0n) is 6.34. The number of nitrogens with zero attached hydrogens (tertiary/aromatic N) is 1. The number of hydrogen-bond acceptors (Lipinski definition) is 3. The Hall–Kier alpha value is -0.120. The van der Waals surface area contributed by atoms with Crippen molar-refractivity contribution >= 4 is 0 Å². The minimum Gasteiger partial charge on any atom is -0.378 e. The van der Waals surface area contributed by atoms with E-state index in [2.05, 4.69) is 17.3 Å². The summed E-state index contributed by atoms with van der Waals surface area (Å²) in [4.78, 5) is 2.37. The largest absolute Gasteiger partial charge is 0.378 e. The van der Waals surface area contributed by atoms with Crippen LogP contribution in [0, 0.1) is 0 Å². The lowest BCUT2D eigenvalue weighted by atomic mass is 10.1. The van der Waals surface area contributed by atoms with Gasteiger partial charge in [0.15, 0.2) is 0 Å². The number of fused-ring (bicyclic) bond motifs is 2. The molecule has 3 heteroatoms. The molecule has 0 amide bonds. The quantitative estimate of drug-likeness (QED) is 0.483. The van der Waals surface area contributed by atoms with Gasteiger partial charge in [-0.25, -0.2) is 0 Å². The molecular weight excluding hydrogens is 128 g/mol. The average Bonchev–Trinajstić information content (AvgIpc) is 1.85. The fourth-order valence-corrected chi connectivity index (χ4v) is 1.82. The van der Waals surface area contributed by atoms with Crippen molar-refractivity contribution in [3.05, 3.63) is 0 Å². The van der Waals surface area contributed by atoms with E-state index in [1.54, 1.807) is 0 Å². The third-order valence-electron chi connectivity index (χ3n) is 2.17. The van der Waals surface area contributed by atoms with Gasteiger partial charge in [-0.05, 0) is 7.05 Å². The molecule has 0 aliphatic carbocycles. The minimum atomic E-state index is 0.581. The first-order chi connectivity index (χ1) is 4.84. The van der Waals surface area contributed by atoms with Crippen LogP contribution in [0.25, 0.3) is 0 Å². The Kier molecular flexibility index (Phi) is 1.64. The molecule has 0 saturated carbocycles. The van der Waals surface area contributed by atoms with E-state index in [9.17, 15) is 0 Å². The van der Waals surface area contributed by atoms with Crippen molar-refractivity contribution in [3.8, 4) is 0 Å². The molecule has 0 aromatic heterocycles. The highest BCUT2D eigenvalue weighted by molar-refractivity contribution is 4.87. The van der Waals surface area contributed by atoms with E-state index in [1.165, 1.54) is 0 Å². The van der Waals surface area contributed by atoms with E-state index >= 15 is 0 Å². The third kappa shape index (κ3) is 1.17. The fourth-order valence-electron chi connectivity index (χ4n) is 1.82. The topological polar surface area (TPSA) is 24.5 Å². The molecule has 1 N–H and O–H groups in total. The number of morpholine rings is 1. The Morgan fingerprint density at radius 3 is 2.50 bits per heavy atom. The molecule has 2 atom stereocenters. The molecule has 2 saturated heterocycles. The number of hydrogen-bond donors (Lipinski definition) is 1. The summed E-state index contributed by atoms with van der Waals surface area (Å²) >= 11 is 0. The molecule has 0 spiro atoms. The summed E-state index contributed by atoms with van der Waals surface area (Å²) in [7, 11) is 2.17. The zero-order chi connectivity index (χ0) is 6.97. The summed E-state index contributed by atoms with van der Waals surface area (Å²) in [6.45, 7) is 4.05. The standard InChI is InChI=1S/C7H14N2O/c1-9-2-6-4-10-5-7(3-9)8-6/h6-8H,2-5H2,1H3. The zero-order valence-corrected chi connectivity index (χ0v) is 6.34. The Bertz CT molecular complexity index is 113. The predicted molar refractivity (Wildman–Crippen MR) is 39.0 cm³/mol. The van der Waals surface area contributed by atoms with E-state index in [4.69, 9.17) is 4.74 Å². The van der Waals surface area contributed by atoms with Crippen molar-refractivity contribution in [2.45, 2.75) is 12.1 Å². The number of ether oxygens (including phenoxy) is 1. The van der Waals surface area contributed by atoms with Gasteiger partial charge in [0.05, 0.1) is 13.2 Å². The second kappa shape index (κ2) is 2.49. The summed E-state index contributed by atoms with van der Waals surface area (Å²) < 4.78 is 5.40. The maximum absolute atomic E-state index is 5.40. The van der Waals surface area contributed by atoms with Gasteiger partial charge in [0, 0.05) is 25.2 Å². The van der Waals surface area contributed by atoms with Crippen LogP contribution in [0.1, 0.15) is 0 Å². The highest BCUT2D eigenvalue weighted by atomic mass is 16.5. The predicted octanol–water partition coefficient (Wildman–Crippen LogP) is -0.711. The van der Waals surface area contributed by atoms with E-state index in [-0.39, 0.29) is 0 Å². The summed E-state index contributed by atoms with van der Waals surface area (Å²) in [6.07, 6.45) is 0. The highest BCUT2D eigenvalue weighted by Crippen LogP contribution is 2.07. The molecule has 0 aromatic carbocycles. The number of piperazine rings is 1. The average molecular weight is 142 g/mol. The molecule has 2 heterocycles. The maximum Gasteiger partial charge on any atom is 0.0633 e. The molecular formula is C7H14N2O. The smallest absolute Gasteiger partial charge is 0.0633 e. The summed E-state index contributed by atoms with van der Waals surface area (Å²) in [5.74, 6) is 0. The molecule has 58 valence electrons. The second-order valence-corrected chi connectivity index (χ2v) is 3.32. The molecule has 10 heavy (non-hydrogen) atoms. The van der Waals surface area contributed by atoms with Crippen LogP contribution in [0.4, 0.5) is 0 Å². The number of rotatable bonds is 0. The van der Waals surface area contributed by atoms with Crippen LogP contribution in [0.15, 0.2) is 0 Å². The van der Waals surface area contributed by atoms with Crippen molar-refractivity contribution < 1.29 is 4.74 Å². The first-order valence-corrected chi connectivity index (χ1v) is 3.87.